The number of amides is 1. The topological polar surface area (TPSA) is 114 Å². The number of pyridine rings is 1. The van der Waals surface area contributed by atoms with E-state index in [-0.39, 0.29) is 23.5 Å². The Labute approximate surface area is 267 Å². The summed E-state index contributed by atoms with van der Waals surface area (Å²) in [5.41, 5.74) is 2.14. The lowest BCUT2D eigenvalue weighted by Gasteiger charge is -2.37. The molecule has 3 atom stereocenters. The number of fused-ring (bicyclic) bond motifs is 1. The third kappa shape index (κ3) is 7.71. The van der Waals surface area contributed by atoms with Crippen molar-refractivity contribution in [1.29, 1.82) is 0 Å². The number of hydrogen-bond acceptors (Lipinski definition) is 10. The maximum absolute atomic E-state index is 13.3. The summed E-state index contributed by atoms with van der Waals surface area (Å²) in [6.07, 6.45) is 0.770. The minimum atomic E-state index is -0.480. The summed E-state index contributed by atoms with van der Waals surface area (Å²) >= 11 is 0. The second kappa shape index (κ2) is 13.9. The molecule has 244 valence electrons. The van der Waals surface area contributed by atoms with E-state index in [1.165, 1.54) is 0 Å². The zero-order valence-electron chi connectivity index (χ0n) is 27.9. The van der Waals surface area contributed by atoms with Crippen molar-refractivity contribution in [3.63, 3.8) is 0 Å². The smallest absolute Gasteiger partial charge is 0.251 e. The van der Waals surface area contributed by atoms with Gasteiger partial charge in [-0.2, -0.15) is 9.97 Å². The Hall–Kier alpha value is -3.38. The number of nitrogens with zero attached hydrogens (tertiary/aromatic N) is 5. The Morgan fingerprint density at radius 3 is 2.38 bits per heavy atom. The van der Waals surface area contributed by atoms with Gasteiger partial charge >= 0.3 is 0 Å². The molecule has 2 saturated heterocycles. The Balaban J connectivity index is 1.42. The highest BCUT2D eigenvalue weighted by atomic mass is 16.5. The number of carbonyl (C=O) groups is 1. The first-order valence-electron chi connectivity index (χ1n) is 16.1. The van der Waals surface area contributed by atoms with Gasteiger partial charge in [0, 0.05) is 36.3 Å². The Kier molecular flexibility index (Phi) is 10.2. The molecule has 11 nitrogen and oxygen atoms in total. The molecule has 1 unspecified atom stereocenters. The van der Waals surface area contributed by atoms with Gasteiger partial charge < -0.3 is 34.6 Å². The number of benzene rings is 1. The lowest BCUT2D eigenvalue weighted by Crippen LogP contribution is -2.48. The average Bonchev–Trinajstić information content (AvgIpc) is 3.06. The second-order valence-electron chi connectivity index (χ2n) is 13.1. The van der Waals surface area contributed by atoms with Gasteiger partial charge in [-0.15, -0.1) is 0 Å². The monoisotopic (exact) mass is 619 g/mol. The predicted molar refractivity (Wildman–Crippen MR) is 178 cm³/mol. The molecule has 2 N–H and O–H groups in total. The van der Waals surface area contributed by atoms with E-state index in [0.29, 0.717) is 56.7 Å². The van der Waals surface area contributed by atoms with E-state index in [4.69, 9.17) is 29.2 Å². The van der Waals surface area contributed by atoms with Gasteiger partial charge in [0.05, 0.1) is 61.8 Å². The van der Waals surface area contributed by atoms with Crippen LogP contribution in [0.2, 0.25) is 0 Å². The number of nitrogens with one attached hydrogen (secondary N) is 2. The number of rotatable bonds is 11. The van der Waals surface area contributed by atoms with Crippen LogP contribution in [0.1, 0.15) is 58.3 Å². The van der Waals surface area contributed by atoms with E-state index in [1.807, 2.05) is 50.4 Å². The summed E-state index contributed by atoms with van der Waals surface area (Å²) in [6, 6.07) is 11.9. The largest absolute Gasteiger partial charge is 0.377 e. The zero-order chi connectivity index (χ0) is 32.2. The highest BCUT2D eigenvalue weighted by molar-refractivity contribution is 5.96. The van der Waals surface area contributed by atoms with E-state index in [9.17, 15) is 4.79 Å². The molecule has 2 aromatic heterocycles. The molecule has 2 fully saturated rings. The molecule has 0 spiro atoms. The fourth-order valence-electron chi connectivity index (χ4n) is 5.45. The molecule has 4 heterocycles. The van der Waals surface area contributed by atoms with Gasteiger partial charge in [0.2, 0.25) is 5.95 Å². The van der Waals surface area contributed by atoms with Crippen molar-refractivity contribution in [2.75, 3.05) is 69.5 Å². The van der Waals surface area contributed by atoms with E-state index >= 15 is 0 Å². The Morgan fingerprint density at radius 2 is 1.71 bits per heavy atom. The van der Waals surface area contributed by atoms with Gasteiger partial charge in [0.25, 0.3) is 5.91 Å². The van der Waals surface area contributed by atoms with Crippen molar-refractivity contribution < 1.29 is 19.0 Å². The van der Waals surface area contributed by atoms with Crippen LogP contribution in [-0.2, 0) is 14.2 Å². The molecule has 11 heteroatoms. The summed E-state index contributed by atoms with van der Waals surface area (Å²) in [7, 11) is 1.92. The van der Waals surface area contributed by atoms with Crippen LogP contribution < -0.4 is 20.4 Å². The molecular formula is C34H49N7O4. The van der Waals surface area contributed by atoms with Crippen molar-refractivity contribution in [3.8, 4) is 11.3 Å². The average molecular weight is 620 g/mol. The molecule has 2 aliphatic rings. The predicted octanol–water partition coefficient (Wildman–Crippen LogP) is 4.06. The van der Waals surface area contributed by atoms with Crippen molar-refractivity contribution in [1.82, 2.24) is 25.6 Å². The molecule has 1 amide bonds. The van der Waals surface area contributed by atoms with Crippen molar-refractivity contribution >= 4 is 28.7 Å². The maximum atomic E-state index is 13.3. The molecule has 0 radical (unpaired) electrons. The fraction of sp³-hybridized carbons (Fsp3) is 0.588. The van der Waals surface area contributed by atoms with Crippen LogP contribution in [0, 0.1) is 0 Å². The molecule has 0 saturated carbocycles. The number of hydrogen-bond donors (Lipinski definition) is 2. The molecule has 0 aliphatic carbocycles. The lowest BCUT2D eigenvalue weighted by atomic mass is 10.0. The van der Waals surface area contributed by atoms with Gasteiger partial charge in [-0.3, -0.25) is 4.79 Å². The maximum Gasteiger partial charge on any atom is 0.251 e. The fourth-order valence-corrected chi connectivity index (χ4v) is 5.45. The number of anilines is 2. The number of morpholine rings is 2. The highest BCUT2D eigenvalue weighted by Gasteiger charge is 2.29. The third-order valence-electron chi connectivity index (χ3n) is 9.04. The number of likely N-dealkylation sites (N-methyl/N-ethyl adjacent to an activating group) is 1. The second-order valence-corrected chi connectivity index (χ2v) is 13.1. The Morgan fingerprint density at radius 1 is 1.00 bits per heavy atom. The minimum Gasteiger partial charge on any atom is -0.377 e. The summed E-state index contributed by atoms with van der Waals surface area (Å²) in [4.78, 5) is 32.9. The zero-order valence-corrected chi connectivity index (χ0v) is 27.9. The molecule has 2 aliphatic heterocycles. The van der Waals surface area contributed by atoms with Crippen LogP contribution in [0.4, 0.5) is 11.8 Å². The van der Waals surface area contributed by atoms with Crippen LogP contribution >= 0.6 is 0 Å². The van der Waals surface area contributed by atoms with Gasteiger partial charge in [-0.1, -0.05) is 19.1 Å². The molecule has 1 aromatic carbocycles. The van der Waals surface area contributed by atoms with E-state index < -0.39 is 5.60 Å². The summed E-state index contributed by atoms with van der Waals surface area (Å²) in [5, 5.41) is 7.25. The van der Waals surface area contributed by atoms with Crippen LogP contribution in [0.15, 0.2) is 36.4 Å². The van der Waals surface area contributed by atoms with Gasteiger partial charge in [-0.05, 0) is 72.4 Å². The van der Waals surface area contributed by atoms with Crippen molar-refractivity contribution in [2.45, 2.75) is 71.2 Å². The van der Waals surface area contributed by atoms with Crippen LogP contribution in [0.5, 0.6) is 0 Å². The summed E-state index contributed by atoms with van der Waals surface area (Å²) in [6.45, 7) is 17.5. The molecular weight excluding hydrogens is 570 g/mol. The normalized spacial score (nSPS) is 20.7. The van der Waals surface area contributed by atoms with Gasteiger partial charge in [0.1, 0.15) is 5.82 Å². The van der Waals surface area contributed by atoms with E-state index in [2.05, 4.69) is 55.1 Å². The van der Waals surface area contributed by atoms with E-state index in [0.717, 1.165) is 42.0 Å². The van der Waals surface area contributed by atoms with Crippen LogP contribution in [-0.4, -0.2) is 104 Å². The molecule has 45 heavy (non-hydrogen) atoms. The summed E-state index contributed by atoms with van der Waals surface area (Å²) in [5.74, 6) is 1.38. The lowest BCUT2D eigenvalue weighted by molar-refractivity contribution is -0.0535. The first-order valence-corrected chi connectivity index (χ1v) is 16.1. The molecule has 5 rings (SSSR count). The third-order valence-corrected chi connectivity index (χ3v) is 9.04. The van der Waals surface area contributed by atoms with Gasteiger partial charge in [0.15, 0.2) is 5.65 Å². The summed E-state index contributed by atoms with van der Waals surface area (Å²) < 4.78 is 17.7. The molecule has 0 bridgehead atoms. The van der Waals surface area contributed by atoms with Crippen LogP contribution in [0.3, 0.4) is 0 Å². The standard InChI is InChI=1S/C34H49N7O4/c1-8-34(6,45-22-33(4,5)35-7)21-36-31(42)26-11-9-10-25(18-26)28-13-12-27-29(37-28)38-32(41-15-17-44-20-24(41)3)39-30(27)40-14-16-43-19-23(40)2/h9-13,18,23-24,35H,8,14-17,19-22H2,1-7H3,(H,36,42)/t23-,24-,34?/m1/s1. The highest BCUT2D eigenvalue weighted by Crippen LogP contribution is 2.31. The van der Waals surface area contributed by atoms with Crippen molar-refractivity contribution in [3.05, 3.63) is 42.0 Å². The number of carbonyl (C=O) groups excluding carboxylic acids is 1. The Bertz CT molecular complexity index is 1480. The van der Waals surface area contributed by atoms with Crippen LogP contribution in [0.25, 0.3) is 22.3 Å². The van der Waals surface area contributed by atoms with E-state index in [1.54, 1.807) is 0 Å². The SMILES string of the molecule is CCC(C)(CNC(=O)c1cccc(-c2ccc3c(N4CCOC[C@H]4C)nc(N4CCOC[C@H]4C)nc3n2)c1)OCC(C)(C)NC. The minimum absolute atomic E-state index is 0.150. The molecule has 3 aromatic rings. The number of aromatic nitrogens is 3. The van der Waals surface area contributed by atoms with Crippen molar-refractivity contribution in [2.24, 2.45) is 0 Å². The quantitative estimate of drug-likeness (QED) is 0.326. The first-order chi connectivity index (χ1) is 21.5. The van der Waals surface area contributed by atoms with Gasteiger partial charge in [-0.25, -0.2) is 4.98 Å². The number of ether oxygens (including phenoxy) is 3. The first kappa shape index (κ1) is 33.0.